The third kappa shape index (κ3) is 0.856. The van der Waals surface area contributed by atoms with Gasteiger partial charge in [-0.3, -0.25) is 0 Å². The van der Waals surface area contributed by atoms with Crippen LogP contribution >= 0.6 is 0 Å². The van der Waals surface area contributed by atoms with E-state index in [1.807, 2.05) is 0 Å². The maximum atomic E-state index is 10.7. The van der Waals surface area contributed by atoms with Crippen molar-refractivity contribution in [1.29, 1.82) is 0 Å². The van der Waals surface area contributed by atoms with E-state index in [9.17, 15) is 4.79 Å². The van der Waals surface area contributed by atoms with E-state index >= 15 is 0 Å². The number of hydrogen-bond acceptors (Lipinski definition) is 2. The maximum absolute atomic E-state index is 10.7. The Kier molecular flexibility index (Phi) is 1.29. The zero-order chi connectivity index (χ0) is 6.97. The molecule has 0 radical (unpaired) electrons. The molecule has 1 amide bonds. The lowest BCUT2D eigenvalue weighted by atomic mass is 9.93. The van der Waals surface area contributed by atoms with E-state index in [0.717, 1.165) is 12.8 Å². The Bertz CT molecular complexity index is 142. The van der Waals surface area contributed by atoms with Gasteiger partial charge in [0.05, 0.1) is 6.04 Å². The third-order valence-electron chi connectivity index (χ3n) is 2.26. The van der Waals surface area contributed by atoms with Crippen molar-refractivity contribution in [1.82, 2.24) is 5.32 Å². The van der Waals surface area contributed by atoms with Crippen molar-refractivity contribution >= 4 is 6.09 Å². The molecule has 56 valence electrons. The monoisotopic (exact) mass is 141 g/mol. The third-order valence-corrected chi connectivity index (χ3v) is 2.26. The van der Waals surface area contributed by atoms with Crippen LogP contribution in [0.5, 0.6) is 0 Å². The van der Waals surface area contributed by atoms with Crippen molar-refractivity contribution in [2.75, 3.05) is 0 Å². The van der Waals surface area contributed by atoms with Crippen LogP contribution in [0.2, 0.25) is 0 Å². The molecule has 2 rings (SSSR count). The van der Waals surface area contributed by atoms with E-state index in [-0.39, 0.29) is 12.2 Å². The Balaban J connectivity index is 2.04. The summed E-state index contributed by atoms with van der Waals surface area (Å²) in [5.41, 5.74) is 0. The van der Waals surface area contributed by atoms with Gasteiger partial charge in [-0.1, -0.05) is 6.42 Å². The van der Waals surface area contributed by atoms with E-state index in [4.69, 9.17) is 4.74 Å². The Morgan fingerprint density at radius 2 is 2.20 bits per heavy atom. The van der Waals surface area contributed by atoms with E-state index in [1.165, 1.54) is 12.8 Å². The lowest BCUT2D eigenvalue weighted by Gasteiger charge is -2.21. The Morgan fingerprint density at radius 3 is 3.00 bits per heavy atom. The first-order valence-corrected chi connectivity index (χ1v) is 3.83. The van der Waals surface area contributed by atoms with Gasteiger partial charge in [0.15, 0.2) is 0 Å². The summed E-state index contributed by atoms with van der Waals surface area (Å²) >= 11 is 0. The maximum Gasteiger partial charge on any atom is 0.407 e. The fourth-order valence-electron chi connectivity index (χ4n) is 1.73. The SMILES string of the molecule is O=C1NC2CCCC[C@@H]2O1. The summed E-state index contributed by atoms with van der Waals surface area (Å²) in [5.74, 6) is 0. The largest absolute Gasteiger partial charge is 0.444 e. The molecular formula is C7H11NO2. The number of rotatable bonds is 0. The van der Waals surface area contributed by atoms with Gasteiger partial charge in [0, 0.05) is 0 Å². The van der Waals surface area contributed by atoms with Gasteiger partial charge in [-0.2, -0.15) is 0 Å². The van der Waals surface area contributed by atoms with Crippen molar-refractivity contribution < 1.29 is 9.53 Å². The summed E-state index contributed by atoms with van der Waals surface area (Å²) in [7, 11) is 0. The van der Waals surface area contributed by atoms with Gasteiger partial charge >= 0.3 is 6.09 Å². The highest BCUT2D eigenvalue weighted by atomic mass is 16.6. The molecule has 0 aromatic carbocycles. The Labute approximate surface area is 59.7 Å². The smallest absolute Gasteiger partial charge is 0.407 e. The molecule has 1 unspecified atom stereocenters. The number of ether oxygens (including phenoxy) is 1. The van der Waals surface area contributed by atoms with Crippen LogP contribution in [-0.4, -0.2) is 18.2 Å². The standard InChI is InChI=1S/C7H11NO2/c9-7-8-5-3-1-2-4-6(5)10-7/h5-6H,1-4H2,(H,8,9)/t5?,6-/m0/s1. The minimum Gasteiger partial charge on any atom is -0.444 e. The molecule has 1 aliphatic carbocycles. The van der Waals surface area contributed by atoms with Gasteiger partial charge in [-0.05, 0) is 19.3 Å². The average molecular weight is 141 g/mol. The molecule has 1 saturated heterocycles. The quantitative estimate of drug-likeness (QED) is 0.547. The summed E-state index contributed by atoms with van der Waals surface area (Å²) in [6, 6.07) is 0.321. The normalized spacial score (nSPS) is 38.2. The molecule has 1 aliphatic heterocycles. The van der Waals surface area contributed by atoms with Crippen molar-refractivity contribution in [3.8, 4) is 0 Å². The zero-order valence-corrected chi connectivity index (χ0v) is 5.80. The van der Waals surface area contributed by atoms with E-state index < -0.39 is 0 Å². The van der Waals surface area contributed by atoms with Crippen LogP contribution in [0.3, 0.4) is 0 Å². The first-order valence-electron chi connectivity index (χ1n) is 3.83. The van der Waals surface area contributed by atoms with Crippen LogP contribution in [0.15, 0.2) is 0 Å². The first kappa shape index (κ1) is 6.01. The van der Waals surface area contributed by atoms with Crippen molar-refractivity contribution in [3.05, 3.63) is 0 Å². The zero-order valence-electron chi connectivity index (χ0n) is 5.80. The highest BCUT2D eigenvalue weighted by molar-refractivity contribution is 5.70. The number of hydrogen-bond donors (Lipinski definition) is 1. The van der Waals surface area contributed by atoms with Gasteiger partial charge in [-0.15, -0.1) is 0 Å². The lowest BCUT2D eigenvalue weighted by Crippen LogP contribution is -2.33. The number of fused-ring (bicyclic) bond motifs is 1. The van der Waals surface area contributed by atoms with E-state index in [1.54, 1.807) is 0 Å². The number of nitrogens with one attached hydrogen (secondary N) is 1. The van der Waals surface area contributed by atoms with Crippen LogP contribution in [0.4, 0.5) is 4.79 Å². The molecule has 0 aromatic heterocycles. The molecule has 2 fully saturated rings. The predicted molar refractivity (Wildman–Crippen MR) is 35.7 cm³/mol. The van der Waals surface area contributed by atoms with E-state index in [2.05, 4.69) is 5.32 Å². The van der Waals surface area contributed by atoms with E-state index in [0.29, 0.717) is 6.04 Å². The molecule has 2 atom stereocenters. The van der Waals surface area contributed by atoms with Crippen LogP contribution < -0.4 is 5.32 Å². The fourth-order valence-corrected chi connectivity index (χ4v) is 1.73. The second-order valence-electron chi connectivity index (χ2n) is 2.98. The second kappa shape index (κ2) is 2.15. The molecule has 0 spiro atoms. The number of alkyl carbamates (subject to hydrolysis) is 1. The van der Waals surface area contributed by atoms with Crippen molar-refractivity contribution in [2.45, 2.75) is 37.8 Å². The lowest BCUT2D eigenvalue weighted by molar-refractivity contribution is 0.113. The molecule has 1 N–H and O–H groups in total. The summed E-state index contributed by atoms with van der Waals surface area (Å²) in [6.45, 7) is 0. The van der Waals surface area contributed by atoms with Gasteiger partial charge in [-0.25, -0.2) is 4.79 Å². The fraction of sp³-hybridized carbons (Fsp3) is 0.857. The Morgan fingerprint density at radius 1 is 1.40 bits per heavy atom. The Hall–Kier alpha value is -0.730. The molecular weight excluding hydrogens is 130 g/mol. The van der Waals surface area contributed by atoms with Gasteiger partial charge in [0.25, 0.3) is 0 Å². The highest BCUT2D eigenvalue weighted by Gasteiger charge is 2.35. The van der Waals surface area contributed by atoms with Crippen molar-refractivity contribution in [3.63, 3.8) is 0 Å². The molecule has 3 heteroatoms. The number of carbonyl (C=O) groups excluding carboxylic acids is 1. The minimum atomic E-state index is -0.225. The van der Waals surface area contributed by atoms with Gasteiger partial charge in [0.2, 0.25) is 0 Å². The molecule has 0 bridgehead atoms. The molecule has 1 saturated carbocycles. The summed E-state index contributed by atoms with van der Waals surface area (Å²) in [5, 5.41) is 2.79. The first-order chi connectivity index (χ1) is 4.86. The second-order valence-corrected chi connectivity index (χ2v) is 2.98. The molecule has 10 heavy (non-hydrogen) atoms. The van der Waals surface area contributed by atoms with Crippen molar-refractivity contribution in [2.24, 2.45) is 0 Å². The molecule has 2 aliphatic rings. The van der Waals surface area contributed by atoms with Gasteiger partial charge in [0.1, 0.15) is 6.10 Å². The predicted octanol–water partition coefficient (Wildman–Crippen LogP) is 1.04. The highest BCUT2D eigenvalue weighted by Crippen LogP contribution is 2.24. The molecule has 3 nitrogen and oxygen atoms in total. The average Bonchev–Trinajstić information content (AvgIpc) is 2.27. The molecule has 1 heterocycles. The summed E-state index contributed by atoms with van der Waals surface area (Å²) < 4.78 is 5.02. The van der Waals surface area contributed by atoms with Gasteiger partial charge < -0.3 is 10.1 Å². The number of amides is 1. The summed E-state index contributed by atoms with van der Waals surface area (Å²) in [6.07, 6.45) is 4.53. The van der Waals surface area contributed by atoms with Crippen LogP contribution in [0.1, 0.15) is 25.7 Å². The van der Waals surface area contributed by atoms with Crippen LogP contribution in [0, 0.1) is 0 Å². The topological polar surface area (TPSA) is 38.3 Å². The minimum absolute atomic E-state index is 0.182. The summed E-state index contributed by atoms with van der Waals surface area (Å²) in [4.78, 5) is 10.7. The van der Waals surface area contributed by atoms with Crippen LogP contribution in [-0.2, 0) is 4.74 Å². The molecule has 0 aromatic rings. The number of carbonyl (C=O) groups is 1. The van der Waals surface area contributed by atoms with Crippen LogP contribution in [0.25, 0.3) is 0 Å².